The van der Waals surface area contributed by atoms with Gasteiger partial charge < -0.3 is 4.57 Å². The SMILES string of the molecule is O=C1c2c(n(Cc3ccccc3Br)c3ccccc3c2=O)-c2cccn21. The van der Waals surface area contributed by atoms with Crippen LogP contribution in [0.25, 0.3) is 22.3 Å². The molecule has 0 aliphatic carbocycles. The van der Waals surface area contributed by atoms with Crippen LogP contribution >= 0.6 is 15.9 Å². The Hall–Kier alpha value is -2.92. The minimum atomic E-state index is -0.253. The molecular formula is C21H13BrN2O2. The number of fused-ring (bicyclic) bond motifs is 4. The Bertz CT molecular complexity index is 1270. The summed E-state index contributed by atoms with van der Waals surface area (Å²) in [5, 5.41) is 0.567. The first kappa shape index (κ1) is 15.3. The molecule has 126 valence electrons. The quantitative estimate of drug-likeness (QED) is 0.440. The van der Waals surface area contributed by atoms with Gasteiger partial charge in [-0.15, -0.1) is 0 Å². The van der Waals surface area contributed by atoms with Crippen molar-refractivity contribution in [3.8, 4) is 11.4 Å². The number of rotatable bonds is 2. The standard InChI is InChI=1S/C21H13BrN2O2/c22-15-8-3-1-6-13(15)12-24-16-9-4-2-7-14(16)20(25)18-19(24)17-10-5-11-23(17)21(18)26/h1-11H,12H2. The summed E-state index contributed by atoms with van der Waals surface area (Å²) in [6, 6.07) is 19.2. The van der Waals surface area contributed by atoms with E-state index in [2.05, 4.69) is 20.5 Å². The van der Waals surface area contributed by atoms with Crippen molar-refractivity contribution in [3.05, 3.63) is 92.7 Å². The third-order valence-corrected chi connectivity index (χ3v) is 5.66. The highest BCUT2D eigenvalue weighted by atomic mass is 79.9. The first-order valence-corrected chi connectivity index (χ1v) is 9.07. The molecule has 0 amide bonds. The molecule has 3 heterocycles. The molecule has 0 bridgehead atoms. The second kappa shape index (κ2) is 5.54. The molecule has 4 aromatic rings. The van der Waals surface area contributed by atoms with Crippen molar-refractivity contribution in [3.63, 3.8) is 0 Å². The number of pyridine rings is 1. The summed E-state index contributed by atoms with van der Waals surface area (Å²) in [7, 11) is 0. The van der Waals surface area contributed by atoms with Crippen LogP contribution in [-0.4, -0.2) is 15.0 Å². The van der Waals surface area contributed by atoms with E-state index in [0.29, 0.717) is 17.6 Å². The van der Waals surface area contributed by atoms with Gasteiger partial charge >= 0.3 is 0 Å². The number of carbonyl (C=O) groups is 1. The summed E-state index contributed by atoms with van der Waals surface area (Å²) in [5.74, 6) is -0.253. The van der Waals surface area contributed by atoms with Gasteiger partial charge in [0.15, 0.2) is 0 Å². The zero-order valence-corrected chi connectivity index (χ0v) is 15.2. The lowest BCUT2D eigenvalue weighted by molar-refractivity contribution is 0.0968. The molecule has 0 unspecified atom stereocenters. The third-order valence-electron chi connectivity index (χ3n) is 4.88. The number of benzene rings is 2. The van der Waals surface area contributed by atoms with Gasteiger partial charge in [-0.3, -0.25) is 14.2 Å². The van der Waals surface area contributed by atoms with E-state index in [-0.39, 0.29) is 16.9 Å². The van der Waals surface area contributed by atoms with Crippen molar-refractivity contribution in [1.82, 2.24) is 9.13 Å². The van der Waals surface area contributed by atoms with Crippen LogP contribution in [0.1, 0.15) is 15.9 Å². The highest BCUT2D eigenvalue weighted by molar-refractivity contribution is 9.10. The van der Waals surface area contributed by atoms with Crippen LogP contribution in [0.4, 0.5) is 0 Å². The van der Waals surface area contributed by atoms with Gasteiger partial charge in [0.1, 0.15) is 5.56 Å². The van der Waals surface area contributed by atoms with Gasteiger partial charge in [0.2, 0.25) is 5.43 Å². The number of hydrogen-bond donors (Lipinski definition) is 0. The molecule has 2 aromatic carbocycles. The van der Waals surface area contributed by atoms with Gasteiger partial charge in [-0.1, -0.05) is 46.3 Å². The molecule has 0 saturated carbocycles. The second-order valence-corrected chi connectivity index (χ2v) is 7.17. The predicted octanol–water partition coefficient (Wildman–Crippen LogP) is 4.28. The third kappa shape index (κ3) is 2.01. The molecule has 0 atom stereocenters. The summed E-state index contributed by atoms with van der Waals surface area (Å²) >= 11 is 3.60. The molecule has 0 N–H and O–H groups in total. The van der Waals surface area contributed by atoms with Crippen LogP contribution in [0.15, 0.2) is 76.1 Å². The Morgan fingerprint density at radius 1 is 0.885 bits per heavy atom. The number of halogens is 1. The van der Waals surface area contributed by atoms with Crippen LogP contribution in [0.3, 0.4) is 0 Å². The smallest absolute Gasteiger partial charge is 0.268 e. The first-order valence-electron chi connectivity index (χ1n) is 8.28. The van der Waals surface area contributed by atoms with Gasteiger partial charge in [0.25, 0.3) is 5.91 Å². The van der Waals surface area contributed by atoms with Crippen molar-refractivity contribution >= 4 is 32.7 Å². The maximum absolute atomic E-state index is 13.0. The van der Waals surface area contributed by atoms with Gasteiger partial charge in [0.05, 0.1) is 16.9 Å². The van der Waals surface area contributed by atoms with Crippen molar-refractivity contribution < 1.29 is 4.79 Å². The minimum Gasteiger partial charge on any atom is -0.334 e. The number of carbonyl (C=O) groups excluding carboxylic acids is 1. The van der Waals surface area contributed by atoms with Crippen LogP contribution in [0, 0.1) is 0 Å². The maximum Gasteiger partial charge on any atom is 0.268 e. The number of nitrogens with zero attached hydrogens (tertiary/aromatic N) is 2. The first-order chi connectivity index (χ1) is 12.7. The fourth-order valence-electron chi connectivity index (χ4n) is 3.70. The highest BCUT2D eigenvalue weighted by Gasteiger charge is 2.32. The molecule has 26 heavy (non-hydrogen) atoms. The van der Waals surface area contributed by atoms with Crippen LogP contribution < -0.4 is 5.43 Å². The van der Waals surface area contributed by atoms with Gasteiger partial charge in [-0.25, -0.2) is 0 Å². The van der Waals surface area contributed by atoms with E-state index >= 15 is 0 Å². The summed E-state index contributed by atoms with van der Waals surface area (Å²) in [6.45, 7) is 0.559. The normalized spacial score (nSPS) is 12.4. The Morgan fingerprint density at radius 3 is 2.50 bits per heavy atom. The average Bonchev–Trinajstić information content (AvgIpc) is 3.23. The molecule has 1 aliphatic rings. The molecule has 2 aromatic heterocycles. The predicted molar refractivity (Wildman–Crippen MR) is 105 cm³/mol. The fourth-order valence-corrected chi connectivity index (χ4v) is 4.11. The highest BCUT2D eigenvalue weighted by Crippen LogP contribution is 2.34. The summed E-state index contributed by atoms with van der Waals surface area (Å²) in [4.78, 5) is 25.8. The molecule has 0 radical (unpaired) electrons. The monoisotopic (exact) mass is 404 g/mol. The van der Waals surface area contributed by atoms with E-state index in [1.807, 2.05) is 54.6 Å². The lowest BCUT2D eigenvalue weighted by Gasteiger charge is -2.17. The number of para-hydroxylation sites is 1. The molecular weight excluding hydrogens is 392 g/mol. The lowest BCUT2D eigenvalue weighted by atomic mass is 10.1. The molecule has 0 spiro atoms. The maximum atomic E-state index is 13.0. The zero-order chi connectivity index (χ0) is 17.8. The summed E-state index contributed by atoms with van der Waals surface area (Å²) < 4.78 is 4.63. The molecule has 1 aliphatic heterocycles. The van der Waals surface area contributed by atoms with Crippen LogP contribution in [0.5, 0.6) is 0 Å². The fraction of sp³-hybridized carbons (Fsp3) is 0.0476. The summed E-state index contributed by atoms with van der Waals surface area (Å²) in [5.41, 5.74) is 3.42. The van der Waals surface area contributed by atoms with Crippen LogP contribution in [0.2, 0.25) is 0 Å². The van der Waals surface area contributed by atoms with Gasteiger partial charge in [-0.2, -0.15) is 0 Å². The zero-order valence-electron chi connectivity index (χ0n) is 13.6. The van der Waals surface area contributed by atoms with E-state index in [4.69, 9.17) is 0 Å². The Kier molecular flexibility index (Phi) is 3.27. The summed E-state index contributed by atoms with van der Waals surface area (Å²) in [6.07, 6.45) is 1.71. The van der Waals surface area contributed by atoms with Crippen molar-refractivity contribution in [2.24, 2.45) is 0 Å². The van der Waals surface area contributed by atoms with E-state index in [1.165, 1.54) is 0 Å². The van der Waals surface area contributed by atoms with Crippen molar-refractivity contribution in [1.29, 1.82) is 0 Å². The second-order valence-electron chi connectivity index (χ2n) is 6.32. The topological polar surface area (TPSA) is 44.0 Å². The molecule has 4 nitrogen and oxygen atoms in total. The molecule has 5 rings (SSSR count). The number of hydrogen-bond acceptors (Lipinski definition) is 2. The van der Waals surface area contributed by atoms with E-state index in [9.17, 15) is 9.59 Å². The molecule has 0 fully saturated rings. The Labute approximate surface area is 157 Å². The largest absolute Gasteiger partial charge is 0.334 e. The Balaban J connectivity index is 1.90. The number of aromatic nitrogens is 2. The van der Waals surface area contributed by atoms with Gasteiger partial charge in [0, 0.05) is 22.6 Å². The van der Waals surface area contributed by atoms with Crippen LogP contribution in [-0.2, 0) is 6.54 Å². The van der Waals surface area contributed by atoms with E-state index < -0.39 is 0 Å². The average molecular weight is 405 g/mol. The Morgan fingerprint density at radius 2 is 1.65 bits per heavy atom. The minimum absolute atomic E-state index is 0.201. The molecule has 0 saturated heterocycles. The van der Waals surface area contributed by atoms with Crippen molar-refractivity contribution in [2.45, 2.75) is 6.54 Å². The van der Waals surface area contributed by atoms with Gasteiger partial charge in [-0.05, 0) is 35.9 Å². The lowest BCUT2D eigenvalue weighted by Crippen LogP contribution is -2.20. The van der Waals surface area contributed by atoms with E-state index in [1.54, 1.807) is 16.8 Å². The van der Waals surface area contributed by atoms with Crippen molar-refractivity contribution in [2.75, 3.05) is 0 Å². The molecule has 5 heteroatoms. The van der Waals surface area contributed by atoms with E-state index in [0.717, 1.165) is 21.2 Å².